The Labute approximate surface area is 71.5 Å². The summed E-state index contributed by atoms with van der Waals surface area (Å²) < 4.78 is 0. The Kier molecular flexibility index (Phi) is 3.56. The highest BCUT2D eigenvalue weighted by Gasteiger charge is 2.17. The molecule has 0 unspecified atom stereocenters. The molecule has 1 aliphatic rings. The Morgan fingerprint density at radius 1 is 1.73 bits per heavy atom. The van der Waals surface area contributed by atoms with Crippen LogP contribution in [0, 0.1) is 0 Å². The second-order valence-electron chi connectivity index (χ2n) is 2.57. The van der Waals surface area contributed by atoms with E-state index in [0.29, 0.717) is 0 Å². The first-order valence-corrected chi connectivity index (χ1v) is 5.25. The monoisotopic (exact) mass is 174 g/mol. The topological polar surface area (TPSA) is 32.3 Å². The Hall–Kier alpha value is -0.380. The molecule has 0 aromatic rings. The van der Waals surface area contributed by atoms with Crippen molar-refractivity contribution < 1.29 is 4.79 Å². The van der Waals surface area contributed by atoms with Gasteiger partial charge in [0.25, 0.3) is 0 Å². The van der Waals surface area contributed by atoms with E-state index < -0.39 is 0 Å². The summed E-state index contributed by atoms with van der Waals surface area (Å²) in [5.74, 6) is 1.14. The van der Waals surface area contributed by atoms with Crippen molar-refractivity contribution >= 4 is 17.8 Å². The fourth-order valence-electron chi connectivity index (χ4n) is 1.12. The van der Waals surface area contributed by atoms with Crippen LogP contribution in [0.1, 0.15) is 6.42 Å². The standard InChI is InChI=1S/C7H14N2OS/c1-11-6-2-4-9-5-3-8-7(9)10/h2-6H2,1H3,(H,8,10). The second kappa shape index (κ2) is 4.49. The Morgan fingerprint density at radius 3 is 3.09 bits per heavy atom. The van der Waals surface area contributed by atoms with E-state index in [4.69, 9.17) is 0 Å². The van der Waals surface area contributed by atoms with Crippen LogP contribution in [0.5, 0.6) is 0 Å². The van der Waals surface area contributed by atoms with Crippen molar-refractivity contribution in [1.29, 1.82) is 0 Å². The van der Waals surface area contributed by atoms with Gasteiger partial charge in [0.05, 0.1) is 0 Å². The van der Waals surface area contributed by atoms with Gasteiger partial charge in [0.1, 0.15) is 0 Å². The van der Waals surface area contributed by atoms with Crippen molar-refractivity contribution in [3.05, 3.63) is 0 Å². The number of hydrogen-bond donors (Lipinski definition) is 1. The maximum absolute atomic E-state index is 11.0. The summed E-state index contributed by atoms with van der Waals surface area (Å²) >= 11 is 1.83. The zero-order valence-corrected chi connectivity index (χ0v) is 7.62. The minimum absolute atomic E-state index is 0.103. The molecule has 4 heteroatoms. The van der Waals surface area contributed by atoms with Gasteiger partial charge in [0, 0.05) is 19.6 Å². The van der Waals surface area contributed by atoms with Crippen LogP contribution in [0.2, 0.25) is 0 Å². The molecule has 0 bridgehead atoms. The first-order valence-electron chi connectivity index (χ1n) is 3.86. The maximum Gasteiger partial charge on any atom is 0.317 e. The number of amides is 2. The molecule has 64 valence electrons. The van der Waals surface area contributed by atoms with Crippen LogP contribution in [-0.2, 0) is 0 Å². The van der Waals surface area contributed by atoms with Crippen LogP contribution >= 0.6 is 11.8 Å². The van der Waals surface area contributed by atoms with Gasteiger partial charge in [-0.05, 0) is 18.4 Å². The van der Waals surface area contributed by atoms with Crippen LogP contribution < -0.4 is 5.32 Å². The van der Waals surface area contributed by atoms with Crippen molar-refractivity contribution in [3.63, 3.8) is 0 Å². The van der Waals surface area contributed by atoms with E-state index in [9.17, 15) is 4.79 Å². The summed E-state index contributed by atoms with van der Waals surface area (Å²) in [7, 11) is 0. The number of thioether (sulfide) groups is 1. The molecule has 1 saturated heterocycles. The lowest BCUT2D eigenvalue weighted by molar-refractivity contribution is 0.217. The molecule has 0 aliphatic carbocycles. The Balaban J connectivity index is 2.10. The minimum Gasteiger partial charge on any atom is -0.336 e. The van der Waals surface area contributed by atoms with Crippen LogP contribution in [0.15, 0.2) is 0 Å². The molecule has 0 aromatic carbocycles. The molecule has 0 aromatic heterocycles. The van der Waals surface area contributed by atoms with Crippen molar-refractivity contribution in [1.82, 2.24) is 10.2 Å². The number of hydrogen-bond acceptors (Lipinski definition) is 2. The highest BCUT2D eigenvalue weighted by molar-refractivity contribution is 7.98. The second-order valence-corrected chi connectivity index (χ2v) is 3.55. The zero-order valence-electron chi connectivity index (χ0n) is 6.80. The van der Waals surface area contributed by atoms with Gasteiger partial charge in [-0.1, -0.05) is 0 Å². The van der Waals surface area contributed by atoms with Gasteiger partial charge < -0.3 is 10.2 Å². The van der Waals surface area contributed by atoms with Crippen LogP contribution in [0.3, 0.4) is 0 Å². The van der Waals surface area contributed by atoms with Crippen molar-refractivity contribution in [3.8, 4) is 0 Å². The predicted octanol–water partition coefficient (Wildman–Crippen LogP) is 0.765. The van der Waals surface area contributed by atoms with Gasteiger partial charge in [0.2, 0.25) is 0 Å². The SMILES string of the molecule is CSCCCN1CCNC1=O. The Bertz CT molecular complexity index is 140. The molecule has 1 N–H and O–H groups in total. The molecule has 0 radical (unpaired) electrons. The summed E-state index contributed by atoms with van der Waals surface area (Å²) in [5, 5.41) is 2.78. The smallest absolute Gasteiger partial charge is 0.317 e. The average Bonchev–Trinajstić information content (AvgIpc) is 2.37. The molecule has 1 rings (SSSR count). The van der Waals surface area contributed by atoms with Crippen LogP contribution in [-0.4, -0.2) is 42.6 Å². The van der Waals surface area contributed by atoms with Crippen molar-refractivity contribution in [2.24, 2.45) is 0 Å². The normalized spacial score (nSPS) is 17.2. The average molecular weight is 174 g/mol. The molecule has 0 spiro atoms. The number of nitrogens with one attached hydrogen (secondary N) is 1. The number of carbonyl (C=O) groups is 1. The van der Waals surface area contributed by atoms with E-state index in [2.05, 4.69) is 11.6 Å². The lowest BCUT2D eigenvalue weighted by Crippen LogP contribution is -2.29. The molecule has 3 nitrogen and oxygen atoms in total. The van der Waals surface area contributed by atoms with Crippen LogP contribution in [0.4, 0.5) is 4.79 Å². The first kappa shape index (κ1) is 8.71. The van der Waals surface area contributed by atoms with Gasteiger partial charge in [-0.2, -0.15) is 11.8 Å². The van der Waals surface area contributed by atoms with Gasteiger partial charge in [-0.15, -0.1) is 0 Å². The van der Waals surface area contributed by atoms with E-state index in [0.717, 1.165) is 31.8 Å². The minimum atomic E-state index is 0.103. The fraction of sp³-hybridized carbons (Fsp3) is 0.857. The first-order chi connectivity index (χ1) is 5.34. The lowest BCUT2D eigenvalue weighted by atomic mass is 10.4. The van der Waals surface area contributed by atoms with E-state index in [1.165, 1.54) is 0 Å². The largest absolute Gasteiger partial charge is 0.336 e. The van der Waals surface area contributed by atoms with Crippen molar-refractivity contribution in [2.75, 3.05) is 31.6 Å². The Morgan fingerprint density at radius 2 is 2.55 bits per heavy atom. The summed E-state index contributed by atoms with van der Waals surface area (Å²) in [4.78, 5) is 12.8. The van der Waals surface area contributed by atoms with E-state index in [-0.39, 0.29) is 6.03 Å². The highest BCUT2D eigenvalue weighted by atomic mass is 32.2. The van der Waals surface area contributed by atoms with Crippen LogP contribution in [0.25, 0.3) is 0 Å². The predicted molar refractivity (Wildman–Crippen MR) is 48.0 cm³/mol. The molecule has 11 heavy (non-hydrogen) atoms. The molecule has 1 aliphatic heterocycles. The van der Waals surface area contributed by atoms with Crippen molar-refractivity contribution in [2.45, 2.75) is 6.42 Å². The van der Waals surface area contributed by atoms with Gasteiger partial charge in [-0.25, -0.2) is 4.79 Å². The molecule has 0 atom stereocenters. The third kappa shape index (κ3) is 2.61. The molecule has 1 heterocycles. The highest BCUT2D eigenvalue weighted by Crippen LogP contribution is 2.01. The number of carbonyl (C=O) groups excluding carboxylic acids is 1. The summed E-state index contributed by atoms with van der Waals surface area (Å²) in [6, 6.07) is 0.103. The fourth-order valence-corrected chi connectivity index (χ4v) is 1.54. The van der Waals surface area contributed by atoms with E-state index in [1.54, 1.807) is 0 Å². The number of nitrogens with zero attached hydrogens (tertiary/aromatic N) is 1. The zero-order chi connectivity index (χ0) is 8.10. The third-order valence-electron chi connectivity index (χ3n) is 1.72. The molecular formula is C7H14N2OS. The molecule has 2 amide bonds. The maximum atomic E-state index is 11.0. The summed E-state index contributed by atoms with van der Waals surface area (Å²) in [6.45, 7) is 2.61. The summed E-state index contributed by atoms with van der Waals surface area (Å²) in [5.41, 5.74) is 0. The molecule has 0 saturated carbocycles. The third-order valence-corrected chi connectivity index (χ3v) is 2.42. The number of rotatable bonds is 4. The quantitative estimate of drug-likeness (QED) is 0.638. The van der Waals surface area contributed by atoms with Gasteiger partial charge in [0.15, 0.2) is 0 Å². The lowest BCUT2D eigenvalue weighted by Gasteiger charge is -2.12. The van der Waals surface area contributed by atoms with E-state index >= 15 is 0 Å². The summed E-state index contributed by atoms with van der Waals surface area (Å²) in [6.07, 6.45) is 3.19. The van der Waals surface area contributed by atoms with Gasteiger partial charge >= 0.3 is 6.03 Å². The van der Waals surface area contributed by atoms with Gasteiger partial charge in [-0.3, -0.25) is 0 Å². The molecular weight excluding hydrogens is 160 g/mol. The van der Waals surface area contributed by atoms with E-state index in [1.807, 2.05) is 16.7 Å². The molecule has 1 fully saturated rings. The number of urea groups is 1.